The third-order valence-corrected chi connectivity index (χ3v) is 2.56. The van der Waals surface area contributed by atoms with Gasteiger partial charge < -0.3 is 14.6 Å². The summed E-state index contributed by atoms with van der Waals surface area (Å²) in [7, 11) is 0. The molecule has 0 radical (unpaired) electrons. The Morgan fingerprint density at radius 1 is 1.29 bits per heavy atom. The summed E-state index contributed by atoms with van der Waals surface area (Å²) in [5, 5.41) is 7.07. The van der Waals surface area contributed by atoms with Gasteiger partial charge in [0.2, 0.25) is 5.82 Å². The third kappa shape index (κ3) is 1.59. The van der Waals surface area contributed by atoms with Crippen molar-refractivity contribution in [3.8, 4) is 0 Å². The zero-order chi connectivity index (χ0) is 9.38. The lowest BCUT2D eigenvalue weighted by Crippen LogP contribution is -2.02. The van der Waals surface area contributed by atoms with E-state index in [4.69, 9.17) is 9.26 Å². The Morgan fingerprint density at radius 3 is 2.93 bits per heavy atom. The zero-order valence-electron chi connectivity index (χ0n) is 7.90. The standard InChI is InChI=1S/C9H13N3O2/c1-2-7(13-5-1)8-11-9(14-12-8)10-6-3-4-6/h6-7H,1-5H2,(H,10,11,12). The number of hydrogen-bond donors (Lipinski definition) is 1. The van der Waals surface area contributed by atoms with Crippen LogP contribution in [0.5, 0.6) is 0 Å². The Bertz CT molecular complexity index is 316. The summed E-state index contributed by atoms with van der Waals surface area (Å²) < 4.78 is 10.5. The highest BCUT2D eigenvalue weighted by molar-refractivity contribution is 5.23. The van der Waals surface area contributed by atoms with Crippen molar-refractivity contribution in [1.29, 1.82) is 0 Å². The van der Waals surface area contributed by atoms with Crippen LogP contribution in [0, 0.1) is 0 Å². The molecule has 0 bridgehead atoms. The van der Waals surface area contributed by atoms with Crippen LogP contribution in [-0.4, -0.2) is 22.8 Å². The first-order chi connectivity index (χ1) is 6.92. The highest BCUT2D eigenvalue weighted by Crippen LogP contribution is 2.28. The average molecular weight is 195 g/mol. The van der Waals surface area contributed by atoms with E-state index in [-0.39, 0.29) is 6.10 Å². The lowest BCUT2D eigenvalue weighted by atomic mass is 10.2. The summed E-state index contributed by atoms with van der Waals surface area (Å²) in [6.07, 6.45) is 4.55. The first-order valence-corrected chi connectivity index (χ1v) is 5.13. The van der Waals surface area contributed by atoms with Gasteiger partial charge in [0.05, 0.1) is 0 Å². The fraction of sp³-hybridized carbons (Fsp3) is 0.778. The van der Waals surface area contributed by atoms with Gasteiger partial charge in [-0.1, -0.05) is 5.16 Å². The van der Waals surface area contributed by atoms with E-state index in [9.17, 15) is 0 Å². The fourth-order valence-electron chi connectivity index (χ4n) is 1.61. The molecule has 0 amide bonds. The van der Waals surface area contributed by atoms with Gasteiger partial charge in [-0.15, -0.1) is 0 Å². The van der Waals surface area contributed by atoms with Crippen molar-refractivity contribution in [2.75, 3.05) is 11.9 Å². The second-order valence-corrected chi connectivity index (χ2v) is 3.88. The van der Waals surface area contributed by atoms with Gasteiger partial charge >= 0.3 is 6.01 Å². The van der Waals surface area contributed by atoms with Crippen molar-refractivity contribution in [2.45, 2.75) is 37.8 Å². The Morgan fingerprint density at radius 2 is 2.21 bits per heavy atom. The van der Waals surface area contributed by atoms with Crippen molar-refractivity contribution >= 4 is 6.01 Å². The molecule has 76 valence electrons. The highest BCUT2D eigenvalue weighted by Gasteiger charge is 2.26. The SMILES string of the molecule is C1COC(c2noc(NC3CC3)n2)C1. The molecule has 5 heteroatoms. The van der Waals surface area contributed by atoms with E-state index in [1.54, 1.807) is 0 Å². The van der Waals surface area contributed by atoms with Crippen molar-refractivity contribution in [1.82, 2.24) is 10.1 Å². The smallest absolute Gasteiger partial charge is 0.321 e. The summed E-state index contributed by atoms with van der Waals surface area (Å²) in [4.78, 5) is 4.26. The van der Waals surface area contributed by atoms with Crippen molar-refractivity contribution in [2.24, 2.45) is 0 Å². The normalized spacial score (nSPS) is 26.7. The molecule has 14 heavy (non-hydrogen) atoms. The predicted octanol–water partition coefficient (Wildman–Crippen LogP) is 1.50. The number of ether oxygens (including phenoxy) is 1. The third-order valence-electron chi connectivity index (χ3n) is 2.56. The molecule has 5 nitrogen and oxygen atoms in total. The fourth-order valence-corrected chi connectivity index (χ4v) is 1.61. The molecule has 2 heterocycles. The van der Waals surface area contributed by atoms with E-state index in [2.05, 4.69) is 15.5 Å². The monoisotopic (exact) mass is 195 g/mol. The van der Waals surface area contributed by atoms with Gasteiger partial charge in [0.15, 0.2) is 0 Å². The lowest BCUT2D eigenvalue weighted by Gasteiger charge is -2.00. The molecule has 1 saturated heterocycles. The quantitative estimate of drug-likeness (QED) is 0.791. The van der Waals surface area contributed by atoms with Crippen LogP contribution in [0.25, 0.3) is 0 Å². The van der Waals surface area contributed by atoms with E-state index in [1.807, 2.05) is 0 Å². The van der Waals surface area contributed by atoms with Gasteiger partial charge in [-0.3, -0.25) is 0 Å². The van der Waals surface area contributed by atoms with E-state index < -0.39 is 0 Å². The molecular weight excluding hydrogens is 182 g/mol. The van der Waals surface area contributed by atoms with Gasteiger partial charge in [0.1, 0.15) is 6.10 Å². The maximum absolute atomic E-state index is 5.46. The van der Waals surface area contributed by atoms with Crippen LogP contribution < -0.4 is 5.32 Å². The Hall–Kier alpha value is -1.10. The number of hydrogen-bond acceptors (Lipinski definition) is 5. The van der Waals surface area contributed by atoms with Crippen LogP contribution in [0.1, 0.15) is 37.6 Å². The maximum Gasteiger partial charge on any atom is 0.321 e. The second kappa shape index (κ2) is 3.24. The van der Waals surface area contributed by atoms with Crippen LogP contribution in [0.15, 0.2) is 4.52 Å². The minimum atomic E-state index is 0.0495. The van der Waals surface area contributed by atoms with Crippen molar-refractivity contribution < 1.29 is 9.26 Å². The molecule has 0 spiro atoms. The first-order valence-electron chi connectivity index (χ1n) is 5.13. The summed E-state index contributed by atoms with van der Waals surface area (Å²) in [5.41, 5.74) is 0. The number of rotatable bonds is 3. The van der Waals surface area contributed by atoms with Gasteiger partial charge in [0.25, 0.3) is 0 Å². The minimum absolute atomic E-state index is 0.0495. The van der Waals surface area contributed by atoms with E-state index in [0.29, 0.717) is 17.9 Å². The molecule has 1 unspecified atom stereocenters. The summed E-state index contributed by atoms with van der Waals surface area (Å²) in [6, 6.07) is 1.09. The molecular formula is C9H13N3O2. The molecule has 3 rings (SSSR count). The molecule has 1 saturated carbocycles. The predicted molar refractivity (Wildman–Crippen MR) is 48.9 cm³/mol. The molecule has 0 aromatic carbocycles. The van der Waals surface area contributed by atoms with E-state index >= 15 is 0 Å². The largest absolute Gasteiger partial charge is 0.370 e. The van der Waals surface area contributed by atoms with Crippen LogP contribution in [0.4, 0.5) is 6.01 Å². The molecule has 1 atom stereocenters. The molecule has 1 N–H and O–H groups in total. The van der Waals surface area contributed by atoms with Gasteiger partial charge in [-0.25, -0.2) is 0 Å². The molecule has 1 aliphatic carbocycles. The van der Waals surface area contributed by atoms with Crippen LogP contribution >= 0.6 is 0 Å². The Kier molecular flexibility index (Phi) is 1.90. The minimum Gasteiger partial charge on any atom is -0.370 e. The number of anilines is 1. The maximum atomic E-state index is 5.46. The summed E-state index contributed by atoms with van der Waals surface area (Å²) >= 11 is 0. The number of aromatic nitrogens is 2. The van der Waals surface area contributed by atoms with Crippen molar-refractivity contribution in [3.63, 3.8) is 0 Å². The zero-order valence-corrected chi connectivity index (χ0v) is 7.90. The average Bonchev–Trinajstić information content (AvgIpc) is 2.71. The second-order valence-electron chi connectivity index (χ2n) is 3.88. The van der Waals surface area contributed by atoms with Gasteiger partial charge in [0, 0.05) is 12.6 Å². The first kappa shape index (κ1) is 8.23. The van der Waals surface area contributed by atoms with E-state index in [1.165, 1.54) is 12.8 Å². The van der Waals surface area contributed by atoms with Crippen molar-refractivity contribution in [3.05, 3.63) is 5.82 Å². The molecule has 1 aromatic rings. The Labute approximate surface area is 81.8 Å². The summed E-state index contributed by atoms with van der Waals surface area (Å²) in [6.45, 7) is 0.810. The number of nitrogens with one attached hydrogen (secondary N) is 1. The Balaban J connectivity index is 1.68. The summed E-state index contributed by atoms with van der Waals surface area (Å²) in [5.74, 6) is 0.686. The lowest BCUT2D eigenvalue weighted by molar-refractivity contribution is 0.103. The van der Waals surface area contributed by atoms with Gasteiger partial charge in [-0.2, -0.15) is 4.98 Å². The highest BCUT2D eigenvalue weighted by atomic mass is 16.5. The van der Waals surface area contributed by atoms with E-state index in [0.717, 1.165) is 19.4 Å². The molecule has 2 aliphatic rings. The van der Waals surface area contributed by atoms with Crippen LogP contribution in [0.3, 0.4) is 0 Å². The molecule has 2 fully saturated rings. The van der Waals surface area contributed by atoms with Gasteiger partial charge in [-0.05, 0) is 25.7 Å². The van der Waals surface area contributed by atoms with Crippen LogP contribution in [-0.2, 0) is 4.74 Å². The number of nitrogens with zero attached hydrogens (tertiary/aromatic N) is 2. The molecule has 1 aliphatic heterocycles. The topological polar surface area (TPSA) is 60.2 Å². The molecule has 1 aromatic heterocycles. The van der Waals surface area contributed by atoms with Crippen LogP contribution in [0.2, 0.25) is 0 Å².